The second-order valence-electron chi connectivity index (χ2n) is 14.0. The maximum atomic E-state index is 13.1. The Bertz CT molecular complexity index is 2780. The molecule has 1 aliphatic carbocycles. The first kappa shape index (κ1) is 43.3. The topological polar surface area (TPSA) is 302 Å². The summed E-state index contributed by atoms with van der Waals surface area (Å²) in [5.74, 6) is -4.49. The number of rotatable bonds is 15. The third kappa shape index (κ3) is 10.9. The summed E-state index contributed by atoms with van der Waals surface area (Å²) in [5, 5.41) is 33.3. The van der Waals surface area contributed by atoms with Crippen molar-refractivity contribution in [1.82, 2.24) is 34.5 Å². The molecule has 19 nitrogen and oxygen atoms in total. The predicted octanol–water partition coefficient (Wildman–Crippen LogP) is 3.05. The predicted molar refractivity (Wildman–Crippen MR) is 219 cm³/mol. The summed E-state index contributed by atoms with van der Waals surface area (Å²) in [5.41, 5.74) is 9.58. The van der Waals surface area contributed by atoms with Crippen LogP contribution < -0.4 is 26.6 Å². The number of H-pyrrole nitrogens is 1. The van der Waals surface area contributed by atoms with Crippen LogP contribution >= 0.6 is 0 Å². The third-order valence-electron chi connectivity index (χ3n) is 9.73. The van der Waals surface area contributed by atoms with Gasteiger partial charge in [-0.1, -0.05) is 18.2 Å². The highest BCUT2D eigenvalue weighted by Gasteiger charge is 2.29. The van der Waals surface area contributed by atoms with Crippen LogP contribution in [-0.2, 0) is 50.3 Å². The number of hydrogen-bond donors (Lipinski definition) is 8. The Labute approximate surface area is 345 Å². The van der Waals surface area contributed by atoms with Gasteiger partial charge in [0.05, 0.1) is 29.8 Å². The van der Waals surface area contributed by atoms with Crippen LogP contribution in [0.4, 0.5) is 16.0 Å². The molecule has 3 aromatic heterocycles. The number of carboxylic acid groups (broad SMARTS) is 3. The molecule has 0 unspecified atom stereocenters. The lowest BCUT2D eigenvalue weighted by Crippen LogP contribution is -2.41. The van der Waals surface area contributed by atoms with E-state index in [4.69, 9.17) is 21.1 Å². The standard InChI is InChI=1S/C21H21FN2O4S.C19H19N7O6/c22-14-5-8-16(9-6-14)29(27,28)23-15-7-10-20-18(13-15)17-3-1-2-4-19(17)24(20)12-11-21(25)26;20-19-25-15-14(17(30)26-19)23-11(8-22-15)7-21-10-3-1-9(2-4-10)16(29)24-12(18(31)32)5-6-13(27)28/h1-6,8-9,15,23H,7,10-13H2,(H,25,26);1-4,8,12,21H,5-7H2,(H,24,29)(H,27,28)(H,31,32)(H3,20,22,25,26,30)/t15-;12-/m10/s1. The number of carbonyl (C=O) groups is 4. The van der Waals surface area contributed by atoms with Crippen LogP contribution in [0, 0.1) is 5.82 Å². The summed E-state index contributed by atoms with van der Waals surface area (Å²) in [6, 6.07) is 17.1. The summed E-state index contributed by atoms with van der Waals surface area (Å²) in [7, 11) is -3.75. The van der Waals surface area contributed by atoms with Crippen LogP contribution in [0.1, 0.15) is 53.0 Å². The van der Waals surface area contributed by atoms with E-state index in [2.05, 4.69) is 35.3 Å². The highest BCUT2D eigenvalue weighted by Crippen LogP contribution is 2.33. The van der Waals surface area contributed by atoms with E-state index in [0.717, 1.165) is 34.3 Å². The van der Waals surface area contributed by atoms with Crippen molar-refractivity contribution in [2.75, 3.05) is 11.1 Å². The van der Waals surface area contributed by atoms with Gasteiger partial charge in [-0.15, -0.1) is 0 Å². The molecular formula is C40H40FN9O10S. The number of carboxylic acids is 3. The fourth-order valence-corrected chi connectivity index (χ4v) is 8.09. The van der Waals surface area contributed by atoms with Crippen molar-refractivity contribution in [3.8, 4) is 0 Å². The summed E-state index contributed by atoms with van der Waals surface area (Å²) in [4.78, 5) is 71.6. The molecular weight excluding hydrogens is 818 g/mol. The van der Waals surface area contributed by atoms with E-state index >= 15 is 0 Å². The fraction of sp³-hybridized carbons (Fsp3) is 0.250. The Kier molecular flexibility index (Phi) is 13.3. The monoisotopic (exact) mass is 857 g/mol. The number of nitrogens with zero attached hydrogens (tertiary/aromatic N) is 4. The second kappa shape index (κ2) is 18.8. The molecule has 0 aliphatic heterocycles. The van der Waals surface area contributed by atoms with Gasteiger partial charge in [0.25, 0.3) is 11.5 Å². The molecule has 0 saturated heterocycles. The molecule has 318 valence electrons. The van der Waals surface area contributed by atoms with Gasteiger partial charge in [-0.3, -0.25) is 24.2 Å². The average molecular weight is 858 g/mol. The van der Waals surface area contributed by atoms with Crippen molar-refractivity contribution in [3.05, 3.63) is 118 Å². The first-order chi connectivity index (χ1) is 29.1. The summed E-state index contributed by atoms with van der Waals surface area (Å²) < 4.78 is 43.2. The Morgan fingerprint density at radius 3 is 2.34 bits per heavy atom. The highest BCUT2D eigenvalue weighted by atomic mass is 32.2. The molecule has 61 heavy (non-hydrogen) atoms. The van der Waals surface area contributed by atoms with Crippen molar-refractivity contribution in [2.45, 2.75) is 68.6 Å². The van der Waals surface area contributed by atoms with Crippen molar-refractivity contribution in [3.63, 3.8) is 0 Å². The van der Waals surface area contributed by atoms with E-state index in [9.17, 15) is 36.8 Å². The van der Waals surface area contributed by atoms with Crippen molar-refractivity contribution in [2.24, 2.45) is 0 Å². The minimum Gasteiger partial charge on any atom is -0.481 e. The van der Waals surface area contributed by atoms with E-state index < -0.39 is 51.3 Å². The Hall–Kier alpha value is -7.26. The van der Waals surface area contributed by atoms with Crippen LogP contribution in [0.25, 0.3) is 22.1 Å². The first-order valence-electron chi connectivity index (χ1n) is 18.8. The van der Waals surface area contributed by atoms with Crippen LogP contribution in [0.3, 0.4) is 0 Å². The third-order valence-corrected chi connectivity index (χ3v) is 11.3. The number of anilines is 2. The van der Waals surface area contributed by atoms with E-state index in [1.165, 1.54) is 30.5 Å². The number of para-hydroxylation sites is 1. The van der Waals surface area contributed by atoms with Crippen LogP contribution in [0.15, 0.2) is 88.7 Å². The Balaban J connectivity index is 0.000000205. The van der Waals surface area contributed by atoms with Crippen LogP contribution in [-0.4, -0.2) is 84.1 Å². The van der Waals surface area contributed by atoms with E-state index in [0.29, 0.717) is 37.2 Å². The summed E-state index contributed by atoms with van der Waals surface area (Å²) >= 11 is 0. The number of nitrogen functional groups attached to an aromatic ring is 1. The Morgan fingerprint density at radius 1 is 0.951 bits per heavy atom. The quantitative estimate of drug-likeness (QED) is 0.0736. The Morgan fingerprint density at radius 2 is 1.66 bits per heavy atom. The smallest absolute Gasteiger partial charge is 0.326 e. The van der Waals surface area contributed by atoms with Crippen LogP contribution in [0.2, 0.25) is 0 Å². The normalized spacial score (nSPS) is 14.0. The minimum atomic E-state index is -3.75. The zero-order valence-electron chi connectivity index (χ0n) is 32.2. The highest BCUT2D eigenvalue weighted by molar-refractivity contribution is 7.89. The molecule has 3 heterocycles. The lowest BCUT2D eigenvalue weighted by molar-refractivity contribution is -0.141. The number of aliphatic carboxylic acids is 3. The van der Waals surface area contributed by atoms with E-state index in [-0.39, 0.29) is 59.4 Å². The lowest BCUT2D eigenvalue weighted by Gasteiger charge is -2.25. The molecule has 0 bridgehead atoms. The summed E-state index contributed by atoms with van der Waals surface area (Å²) in [6.07, 6.45) is 2.66. The van der Waals surface area contributed by atoms with Gasteiger partial charge in [0, 0.05) is 46.9 Å². The number of amides is 1. The number of aromatic nitrogens is 5. The molecule has 1 amide bonds. The molecule has 0 fully saturated rings. The molecule has 0 saturated carbocycles. The fourth-order valence-electron chi connectivity index (χ4n) is 6.82. The van der Waals surface area contributed by atoms with Gasteiger partial charge < -0.3 is 36.3 Å². The van der Waals surface area contributed by atoms with Gasteiger partial charge in [-0.2, -0.15) is 4.98 Å². The molecule has 2 atom stereocenters. The molecule has 21 heteroatoms. The van der Waals surface area contributed by atoms with Gasteiger partial charge in [-0.05, 0) is 85.8 Å². The van der Waals surface area contributed by atoms with Gasteiger partial charge in [-0.25, -0.2) is 32.3 Å². The van der Waals surface area contributed by atoms with E-state index in [1.54, 1.807) is 12.1 Å². The van der Waals surface area contributed by atoms with E-state index in [1.807, 2.05) is 28.8 Å². The zero-order valence-corrected chi connectivity index (χ0v) is 33.0. The maximum absolute atomic E-state index is 13.1. The average Bonchev–Trinajstić information content (AvgIpc) is 3.53. The number of hydrogen-bond acceptors (Lipinski definition) is 12. The van der Waals surface area contributed by atoms with Crippen molar-refractivity contribution in [1.29, 1.82) is 0 Å². The van der Waals surface area contributed by atoms with Crippen molar-refractivity contribution >= 4 is 67.5 Å². The van der Waals surface area contributed by atoms with Crippen molar-refractivity contribution < 1.29 is 47.3 Å². The first-order valence-corrected chi connectivity index (χ1v) is 20.3. The second-order valence-corrected chi connectivity index (χ2v) is 15.7. The van der Waals surface area contributed by atoms with Gasteiger partial charge in [0.15, 0.2) is 11.2 Å². The molecule has 9 N–H and O–H groups in total. The number of fused-ring (bicyclic) bond motifs is 4. The van der Waals surface area contributed by atoms with Gasteiger partial charge in [0.1, 0.15) is 11.9 Å². The SMILES string of the molecule is Nc1nc2ncc(CNc3ccc(C(=O)N[C@@H](CCC(=O)O)C(=O)O)cc3)nc2c(=O)[nH]1.O=C(O)CCn1c2c(c3ccccc31)C[C@H](NS(=O)(=O)c1ccc(F)cc1)CC2. The largest absolute Gasteiger partial charge is 0.481 e. The molecule has 1 aliphatic rings. The minimum absolute atomic E-state index is 0.0335. The van der Waals surface area contributed by atoms with Gasteiger partial charge in [0.2, 0.25) is 16.0 Å². The molecule has 7 rings (SSSR count). The number of carbonyl (C=O) groups excluding carboxylic acids is 1. The van der Waals surface area contributed by atoms with Gasteiger partial charge >= 0.3 is 17.9 Å². The van der Waals surface area contributed by atoms with Crippen LogP contribution in [0.5, 0.6) is 0 Å². The number of sulfonamides is 1. The number of halogens is 1. The molecule has 3 aromatic carbocycles. The number of nitrogens with one attached hydrogen (secondary N) is 4. The zero-order chi connectivity index (χ0) is 43.8. The number of nitrogens with two attached hydrogens (primary N) is 1. The lowest BCUT2D eigenvalue weighted by atomic mass is 9.92. The molecule has 0 radical (unpaired) electrons. The number of aryl methyl sites for hydroxylation is 1. The maximum Gasteiger partial charge on any atom is 0.326 e. The number of aromatic amines is 1. The number of benzene rings is 3. The molecule has 0 spiro atoms. The summed E-state index contributed by atoms with van der Waals surface area (Å²) in [6.45, 7) is 0.617. The molecule has 6 aromatic rings.